The second-order valence-electron chi connectivity index (χ2n) is 14.9. The van der Waals surface area contributed by atoms with E-state index in [1.807, 2.05) is 19.9 Å². The van der Waals surface area contributed by atoms with Crippen LogP contribution in [0.25, 0.3) is 0 Å². The van der Waals surface area contributed by atoms with Crippen molar-refractivity contribution in [3.63, 3.8) is 0 Å². The van der Waals surface area contributed by atoms with E-state index < -0.39 is 16.2 Å². The van der Waals surface area contributed by atoms with Crippen molar-refractivity contribution in [3.8, 4) is 6.07 Å². The average Bonchev–Trinajstić information content (AvgIpc) is 2.82. The van der Waals surface area contributed by atoms with Crippen molar-refractivity contribution in [3.05, 3.63) is 22.8 Å². The molecule has 37 heavy (non-hydrogen) atoms. The van der Waals surface area contributed by atoms with Gasteiger partial charge in [0.05, 0.1) is 18.1 Å². The van der Waals surface area contributed by atoms with E-state index in [1.54, 1.807) is 0 Å². The maximum atomic E-state index is 14.4. The fourth-order valence-corrected chi connectivity index (χ4v) is 10.1. The van der Waals surface area contributed by atoms with E-state index in [-0.39, 0.29) is 51.2 Å². The summed E-state index contributed by atoms with van der Waals surface area (Å²) in [5, 5.41) is 9.87. The van der Waals surface area contributed by atoms with E-state index in [2.05, 4.69) is 40.7 Å². The molecule has 3 saturated carbocycles. The Morgan fingerprint density at radius 3 is 2.24 bits per heavy atom. The Kier molecular flexibility index (Phi) is 5.47. The van der Waals surface area contributed by atoms with Crippen LogP contribution in [0.4, 0.5) is 0 Å². The first-order chi connectivity index (χ1) is 17.0. The lowest BCUT2D eigenvalue weighted by atomic mass is 9.34. The van der Waals surface area contributed by atoms with Gasteiger partial charge in [0.2, 0.25) is 0 Å². The summed E-state index contributed by atoms with van der Waals surface area (Å²) in [6.07, 6.45) is 8.06. The molecule has 0 aromatic heterocycles. The van der Waals surface area contributed by atoms with Crippen LogP contribution in [0.3, 0.4) is 0 Å². The number of carbonyl (C=O) groups is 3. The highest BCUT2D eigenvalue weighted by atomic mass is 16.5. The quantitative estimate of drug-likeness (QED) is 0.379. The topological polar surface area (TPSA) is 84.2 Å². The van der Waals surface area contributed by atoms with E-state index >= 15 is 0 Å². The van der Waals surface area contributed by atoms with Crippen molar-refractivity contribution in [2.24, 2.45) is 44.3 Å². The first-order valence-electron chi connectivity index (χ1n) is 14.1. The Hall–Kier alpha value is -2.22. The molecular weight excluding hydrogens is 462 g/mol. The van der Waals surface area contributed by atoms with Gasteiger partial charge in [-0.3, -0.25) is 14.4 Å². The molecule has 200 valence electrons. The summed E-state index contributed by atoms with van der Waals surface area (Å²) in [4.78, 5) is 40.9. The second kappa shape index (κ2) is 7.67. The fraction of sp³-hybridized carbons (Fsp3) is 0.750. The number of esters is 1. The van der Waals surface area contributed by atoms with Crippen molar-refractivity contribution in [2.45, 2.75) is 99.8 Å². The zero-order chi connectivity index (χ0) is 27.4. The molecule has 5 aliphatic carbocycles. The molecule has 0 spiro atoms. The molecule has 5 aliphatic rings. The van der Waals surface area contributed by atoms with Crippen LogP contribution in [-0.4, -0.2) is 24.6 Å². The van der Waals surface area contributed by atoms with Crippen molar-refractivity contribution < 1.29 is 19.1 Å². The number of ether oxygens (including phenoxy) is 1. The monoisotopic (exact) mass is 505 g/mol. The van der Waals surface area contributed by atoms with Gasteiger partial charge in [0.1, 0.15) is 6.07 Å². The average molecular weight is 506 g/mol. The molecule has 0 aliphatic heterocycles. The van der Waals surface area contributed by atoms with Gasteiger partial charge < -0.3 is 4.74 Å². The van der Waals surface area contributed by atoms with Crippen LogP contribution in [0.2, 0.25) is 0 Å². The van der Waals surface area contributed by atoms with Crippen molar-refractivity contribution >= 4 is 17.5 Å². The van der Waals surface area contributed by atoms with Crippen LogP contribution in [0.15, 0.2) is 22.8 Å². The summed E-state index contributed by atoms with van der Waals surface area (Å²) in [6, 6.07) is 2.19. The summed E-state index contributed by atoms with van der Waals surface area (Å²) in [7, 11) is 1.47. The summed E-state index contributed by atoms with van der Waals surface area (Å²) in [5.41, 5.74) is -0.0749. The smallest absolute Gasteiger partial charge is 0.315 e. The Morgan fingerprint density at radius 1 is 0.973 bits per heavy atom. The van der Waals surface area contributed by atoms with E-state index in [0.29, 0.717) is 12.8 Å². The maximum Gasteiger partial charge on any atom is 0.315 e. The third-order valence-corrected chi connectivity index (χ3v) is 12.4. The highest BCUT2D eigenvalue weighted by Crippen LogP contribution is 2.74. The molecule has 0 aromatic rings. The molecule has 0 N–H and O–H groups in total. The number of fused-ring (bicyclic) bond motifs is 6. The molecular formula is C32H43NO4. The van der Waals surface area contributed by atoms with Crippen LogP contribution >= 0.6 is 0 Å². The number of ketones is 2. The maximum absolute atomic E-state index is 14.4. The van der Waals surface area contributed by atoms with Gasteiger partial charge in [0, 0.05) is 22.8 Å². The Balaban J connectivity index is 1.72. The molecule has 2 unspecified atom stereocenters. The van der Waals surface area contributed by atoms with Crippen LogP contribution < -0.4 is 0 Å². The first kappa shape index (κ1) is 26.4. The van der Waals surface area contributed by atoms with Crippen LogP contribution in [-0.2, 0) is 19.1 Å². The van der Waals surface area contributed by atoms with Gasteiger partial charge in [-0.05, 0) is 78.6 Å². The number of carbonyl (C=O) groups excluding carboxylic acids is 3. The van der Waals surface area contributed by atoms with Gasteiger partial charge in [-0.1, -0.05) is 54.5 Å². The molecule has 5 nitrogen and oxygen atoms in total. The number of Topliss-reactive ketones (excluding diaryl/α,β-unsaturated/α-hetero) is 2. The molecule has 0 bridgehead atoms. The van der Waals surface area contributed by atoms with E-state index in [4.69, 9.17) is 4.74 Å². The molecule has 0 saturated heterocycles. The van der Waals surface area contributed by atoms with Gasteiger partial charge in [-0.2, -0.15) is 5.26 Å². The third-order valence-electron chi connectivity index (χ3n) is 12.4. The normalized spacial score (nSPS) is 43.9. The summed E-state index contributed by atoms with van der Waals surface area (Å²) >= 11 is 0. The van der Waals surface area contributed by atoms with Crippen LogP contribution in [0.5, 0.6) is 0 Å². The number of hydrogen-bond acceptors (Lipinski definition) is 5. The van der Waals surface area contributed by atoms with Gasteiger partial charge in [-0.15, -0.1) is 0 Å². The zero-order valence-electron chi connectivity index (χ0n) is 24.0. The van der Waals surface area contributed by atoms with Crippen molar-refractivity contribution in [1.82, 2.24) is 0 Å². The fourth-order valence-electron chi connectivity index (χ4n) is 10.1. The SMILES string of the molecule is COC(=O)[C@]12CCC(C)(C)CC1=C1C(=O)CC3[C@@]4(C)C=C(C#N)C(=O)C(C)(C)C4CC[C@@]3(C)[C@]1(C)CC2. The molecule has 0 amide bonds. The number of methoxy groups -OCH3 is 1. The standard InChI is InChI=1S/C32H43NO4/c1-27(2)11-13-32(26(36)37-8)14-12-31(7)24(20(32)17-27)21(34)15-23-29(5)16-19(18-33)25(35)28(3,4)22(29)9-10-30(23,31)6/h16,22-23H,9-15,17H2,1-8H3/t22?,23?,29-,30+,31+,32-/m0/s1. The van der Waals surface area contributed by atoms with Gasteiger partial charge >= 0.3 is 5.97 Å². The largest absolute Gasteiger partial charge is 0.468 e. The van der Waals surface area contributed by atoms with E-state index in [0.717, 1.165) is 49.7 Å². The lowest BCUT2D eigenvalue weighted by Gasteiger charge is -2.68. The van der Waals surface area contributed by atoms with Gasteiger partial charge in [0.25, 0.3) is 0 Å². The lowest BCUT2D eigenvalue weighted by molar-refractivity contribution is -0.169. The summed E-state index contributed by atoms with van der Waals surface area (Å²) < 4.78 is 5.39. The molecule has 0 radical (unpaired) electrons. The third kappa shape index (κ3) is 3.11. The first-order valence-corrected chi connectivity index (χ1v) is 14.1. The Labute approximate surface area is 222 Å². The van der Waals surface area contributed by atoms with Crippen LogP contribution in [0.1, 0.15) is 99.8 Å². The second-order valence-corrected chi connectivity index (χ2v) is 14.9. The molecule has 6 atom stereocenters. The van der Waals surface area contributed by atoms with Gasteiger partial charge in [0.15, 0.2) is 11.6 Å². The predicted molar refractivity (Wildman–Crippen MR) is 141 cm³/mol. The Bertz CT molecular complexity index is 1210. The van der Waals surface area contributed by atoms with Gasteiger partial charge in [-0.25, -0.2) is 0 Å². The molecule has 5 rings (SSSR count). The molecule has 0 aromatic carbocycles. The Morgan fingerprint density at radius 2 is 1.62 bits per heavy atom. The predicted octanol–water partition coefficient (Wildman–Crippen LogP) is 6.52. The number of rotatable bonds is 1. The minimum atomic E-state index is -0.688. The summed E-state index contributed by atoms with van der Waals surface area (Å²) in [5.74, 6) is 0.0203. The van der Waals surface area contributed by atoms with Crippen molar-refractivity contribution in [2.75, 3.05) is 7.11 Å². The molecule has 3 fully saturated rings. The number of allylic oxidation sites excluding steroid dienone is 3. The zero-order valence-corrected chi connectivity index (χ0v) is 24.0. The number of nitriles is 1. The lowest BCUT2D eigenvalue weighted by Crippen LogP contribution is -2.64. The highest BCUT2D eigenvalue weighted by Gasteiger charge is 2.70. The van der Waals surface area contributed by atoms with E-state index in [9.17, 15) is 19.6 Å². The van der Waals surface area contributed by atoms with Crippen molar-refractivity contribution in [1.29, 1.82) is 5.26 Å². The summed E-state index contributed by atoms with van der Waals surface area (Å²) in [6.45, 7) is 15.3. The molecule has 5 heteroatoms. The minimum absolute atomic E-state index is 0.0258. The highest BCUT2D eigenvalue weighted by molar-refractivity contribution is 6.04. The number of hydrogen-bond donors (Lipinski definition) is 0. The minimum Gasteiger partial charge on any atom is -0.468 e. The van der Waals surface area contributed by atoms with E-state index in [1.165, 1.54) is 7.11 Å². The number of nitrogens with zero attached hydrogens (tertiary/aromatic N) is 1. The molecule has 0 heterocycles. The van der Waals surface area contributed by atoms with Crippen LogP contribution in [0, 0.1) is 55.7 Å².